The largest absolute Gasteiger partial charge is 0.497 e. The van der Waals surface area contributed by atoms with E-state index >= 15 is 0 Å². The Morgan fingerprint density at radius 1 is 1.19 bits per heavy atom. The van der Waals surface area contributed by atoms with Crippen molar-refractivity contribution in [2.24, 2.45) is 4.99 Å². The maximum Gasteiger partial charge on any atom is 0.338 e. The summed E-state index contributed by atoms with van der Waals surface area (Å²) in [6, 6.07) is 16.8. The quantitative estimate of drug-likeness (QED) is 0.703. The number of carbonyl (C=O) groups excluding carboxylic acids is 1. The van der Waals surface area contributed by atoms with Crippen LogP contribution in [0.3, 0.4) is 0 Å². The van der Waals surface area contributed by atoms with Crippen molar-refractivity contribution >= 4 is 29.0 Å². The number of hydrogen-bond donors (Lipinski definition) is 1. The first-order chi connectivity index (χ1) is 15.0. The predicted octanol–water partition coefficient (Wildman–Crippen LogP) is 4.35. The van der Waals surface area contributed by atoms with Crippen LogP contribution in [0.4, 0.5) is 0 Å². The van der Waals surface area contributed by atoms with Crippen LogP contribution in [0, 0.1) is 0 Å². The maximum absolute atomic E-state index is 12.9. The highest BCUT2D eigenvalue weighted by Gasteiger charge is 2.45. The zero-order valence-corrected chi connectivity index (χ0v) is 18.4. The number of amidine groups is 1. The lowest BCUT2D eigenvalue weighted by Crippen LogP contribution is -2.41. The molecule has 2 heterocycles. The van der Waals surface area contributed by atoms with Gasteiger partial charge in [0.05, 0.1) is 31.0 Å². The van der Waals surface area contributed by atoms with E-state index in [0.29, 0.717) is 22.2 Å². The topological polar surface area (TPSA) is 71.4 Å². The highest BCUT2D eigenvalue weighted by molar-refractivity contribution is 8.17. The van der Waals surface area contributed by atoms with Crippen LogP contribution >= 0.6 is 11.8 Å². The molecule has 0 amide bonds. The average Bonchev–Trinajstić information content (AvgIpc) is 3.08. The molecule has 4 rings (SSSR count). The molecule has 2 aromatic carbocycles. The van der Waals surface area contributed by atoms with Crippen molar-refractivity contribution in [1.29, 1.82) is 0 Å². The normalized spacial score (nSPS) is 21.7. The number of aliphatic imine (C=N–C) groups is 1. The number of ether oxygens (including phenoxy) is 2. The van der Waals surface area contributed by atoms with E-state index in [9.17, 15) is 9.90 Å². The zero-order chi connectivity index (χ0) is 22.0. The van der Waals surface area contributed by atoms with Gasteiger partial charge in [-0.3, -0.25) is 0 Å². The number of carbonyl (C=O) groups is 1. The van der Waals surface area contributed by atoms with Gasteiger partial charge in [0.1, 0.15) is 5.75 Å². The smallest absolute Gasteiger partial charge is 0.338 e. The van der Waals surface area contributed by atoms with Crippen molar-refractivity contribution in [2.75, 3.05) is 13.7 Å². The molecule has 0 aliphatic carbocycles. The van der Waals surface area contributed by atoms with Crippen LogP contribution in [0.2, 0.25) is 0 Å². The summed E-state index contributed by atoms with van der Waals surface area (Å²) >= 11 is 1.41. The van der Waals surface area contributed by atoms with Crippen molar-refractivity contribution in [3.8, 4) is 5.75 Å². The molecule has 0 aromatic heterocycles. The molecule has 2 unspecified atom stereocenters. The van der Waals surface area contributed by atoms with Crippen molar-refractivity contribution in [3.05, 3.63) is 81.9 Å². The van der Waals surface area contributed by atoms with Crippen LogP contribution < -0.4 is 4.74 Å². The molecule has 7 heteroatoms. The van der Waals surface area contributed by atoms with Crippen molar-refractivity contribution < 1.29 is 19.4 Å². The minimum Gasteiger partial charge on any atom is -0.497 e. The third kappa shape index (κ3) is 4.11. The molecule has 0 saturated carbocycles. The fourth-order valence-electron chi connectivity index (χ4n) is 3.72. The third-order valence-corrected chi connectivity index (χ3v) is 6.24. The molecular weight excluding hydrogens is 412 g/mol. The van der Waals surface area contributed by atoms with Gasteiger partial charge >= 0.3 is 5.97 Å². The van der Waals surface area contributed by atoms with Gasteiger partial charge in [0.25, 0.3) is 0 Å². The molecule has 0 radical (unpaired) electrons. The second-order valence-electron chi connectivity index (χ2n) is 7.13. The van der Waals surface area contributed by atoms with E-state index in [2.05, 4.69) is 4.99 Å². The average molecular weight is 437 g/mol. The highest BCUT2D eigenvalue weighted by Crippen LogP contribution is 2.47. The van der Waals surface area contributed by atoms with Gasteiger partial charge in [-0.05, 0) is 43.2 Å². The Hall–Kier alpha value is -3.03. The van der Waals surface area contributed by atoms with Crippen LogP contribution in [0.5, 0.6) is 5.75 Å². The first kappa shape index (κ1) is 21.2. The fourth-order valence-corrected chi connectivity index (χ4v) is 4.84. The number of thioether (sulfide) groups is 1. The van der Waals surface area contributed by atoms with Gasteiger partial charge in [0.15, 0.2) is 11.4 Å². The molecule has 1 saturated heterocycles. The van der Waals surface area contributed by atoms with Crippen molar-refractivity contribution in [3.63, 3.8) is 0 Å². The molecule has 2 atom stereocenters. The lowest BCUT2D eigenvalue weighted by atomic mass is 9.94. The number of methoxy groups -OCH3 is 1. The van der Waals surface area contributed by atoms with Crippen LogP contribution in [0.15, 0.2) is 75.8 Å². The van der Waals surface area contributed by atoms with Gasteiger partial charge < -0.3 is 19.5 Å². The van der Waals surface area contributed by atoms with Gasteiger partial charge in [-0.2, -0.15) is 0 Å². The molecule has 6 nitrogen and oxygen atoms in total. The summed E-state index contributed by atoms with van der Waals surface area (Å²) in [5.74, 6) is 0.286. The Labute approximate surface area is 185 Å². The number of rotatable bonds is 5. The van der Waals surface area contributed by atoms with E-state index in [1.54, 1.807) is 25.9 Å². The van der Waals surface area contributed by atoms with E-state index in [0.717, 1.165) is 16.0 Å². The fraction of sp³-hybridized carbons (Fsp3) is 0.250. The van der Waals surface area contributed by atoms with E-state index in [4.69, 9.17) is 9.47 Å². The van der Waals surface area contributed by atoms with Gasteiger partial charge in [0, 0.05) is 4.91 Å². The number of aliphatic hydroxyl groups excluding tert-OH is 1. The molecule has 2 aliphatic heterocycles. The van der Waals surface area contributed by atoms with E-state index in [1.807, 2.05) is 60.7 Å². The number of allylic oxidation sites excluding steroid dienone is 1. The number of fused-ring (bicyclic) bond motifs is 1. The number of esters is 1. The Morgan fingerprint density at radius 2 is 1.90 bits per heavy atom. The standard InChI is InChI=1S/C24H24N2O4S/c1-4-30-23(28)20-15(2)25-24-26(21(20)17-10-12-18(29-3)13-11-17)22(27)19(31-24)14-16-8-6-5-7-9-16/h5-14,21-22,27H,4H2,1-3H3/b19-14+. The minimum absolute atomic E-state index is 0.262. The summed E-state index contributed by atoms with van der Waals surface area (Å²) in [6.45, 7) is 3.84. The lowest BCUT2D eigenvalue weighted by molar-refractivity contribution is -0.139. The zero-order valence-electron chi connectivity index (χ0n) is 17.6. The van der Waals surface area contributed by atoms with Crippen LogP contribution in [-0.2, 0) is 9.53 Å². The summed E-state index contributed by atoms with van der Waals surface area (Å²) in [7, 11) is 1.61. The van der Waals surface area contributed by atoms with Gasteiger partial charge in [-0.25, -0.2) is 9.79 Å². The Kier molecular flexibility index (Phi) is 6.15. The van der Waals surface area contributed by atoms with Crippen LogP contribution in [0.1, 0.15) is 31.0 Å². The minimum atomic E-state index is -0.936. The molecule has 160 valence electrons. The maximum atomic E-state index is 12.9. The Bertz CT molecular complexity index is 1060. The SMILES string of the molecule is CCOC(=O)C1=C(C)N=C2S/C(=C/c3ccccc3)C(O)N2C1c1ccc(OC)cc1. The summed E-state index contributed by atoms with van der Waals surface area (Å²) in [5, 5.41) is 11.9. The second kappa shape index (κ2) is 8.99. The van der Waals surface area contributed by atoms with E-state index < -0.39 is 18.2 Å². The number of nitrogens with zero attached hydrogens (tertiary/aromatic N) is 2. The second-order valence-corrected chi connectivity index (χ2v) is 8.17. The van der Waals surface area contributed by atoms with Gasteiger partial charge in [0.2, 0.25) is 0 Å². The number of hydrogen-bond acceptors (Lipinski definition) is 7. The van der Waals surface area contributed by atoms with Gasteiger partial charge in [-0.1, -0.05) is 54.2 Å². The predicted molar refractivity (Wildman–Crippen MR) is 122 cm³/mol. The van der Waals surface area contributed by atoms with E-state index in [-0.39, 0.29) is 6.61 Å². The molecule has 0 bridgehead atoms. The monoisotopic (exact) mass is 436 g/mol. The number of aliphatic hydroxyl groups is 1. The summed E-state index contributed by atoms with van der Waals surface area (Å²) in [5.41, 5.74) is 2.85. The molecule has 31 heavy (non-hydrogen) atoms. The van der Waals surface area contributed by atoms with Crippen LogP contribution in [-0.4, -0.2) is 41.1 Å². The Balaban J connectivity index is 1.79. The molecule has 1 fully saturated rings. The first-order valence-electron chi connectivity index (χ1n) is 10.0. The molecule has 2 aliphatic rings. The molecule has 2 aromatic rings. The van der Waals surface area contributed by atoms with Crippen molar-refractivity contribution in [1.82, 2.24) is 4.90 Å². The number of benzene rings is 2. The lowest BCUT2D eigenvalue weighted by Gasteiger charge is -2.36. The third-order valence-electron chi connectivity index (χ3n) is 5.19. The molecule has 1 N–H and O–H groups in total. The molecular formula is C24H24N2O4S. The van der Waals surface area contributed by atoms with Crippen LogP contribution in [0.25, 0.3) is 6.08 Å². The van der Waals surface area contributed by atoms with Gasteiger partial charge in [-0.15, -0.1) is 0 Å². The first-order valence-corrected chi connectivity index (χ1v) is 10.9. The summed E-state index contributed by atoms with van der Waals surface area (Å²) in [6.07, 6.45) is 1.01. The van der Waals surface area contributed by atoms with E-state index in [1.165, 1.54) is 11.8 Å². The Morgan fingerprint density at radius 3 is 2.55 bits per heavy atom. The summed E-state index contributed by atoms with van der Waals surface area (Å²) < 4.78 is 10.6. The van der Waals surface area contributed by atoms with Crippen molar-refractivity contribution in [2.45, 2.75) is 26.1 Å². The molecule has 0 spiro atoms. The summed E-state index contributed by atoms with van der Waals surface area (Å²) in [4.78, 5) is 20.0. The highest BCUT2D eigenvalue weighted by atomic mass is 32.2.